The zero-order valence-corrected chi connectivity index (χ0v) is 14.8. The molecule has 0 radical (unpaired) electrons. The number of aliphatic carboxylic acids is 1. The van der Waals surface area contributed by atoms with E-state index in [9.17, 15) is 27.9 Å². The highest BCUT2D eigenvalue weighted by atomic mass is 19.4. The highest BCUT2D eigenvalue weighted by Gasteiger charge is 2.42. The molecule has 144 valence electrons. The number of nitrogens with zero attached hydrogens (tertiary/aromatic N) is 1. The monoisotopic (exact) mass is 373 g/mol. The molecule has 1 aliphatic heterocycles. The minimum atomic E-state index is -4.65. The summed E-state index contributed by atoms with van der Waals surface area (Å²) in [6.07, 6.45) is -4.94. The number of carboxylic acids is 1. The average Bonchev–Trinajstić information content (AvgIpc) is 2.94. The van der Waals surface area contributed by atoms with Gasteiger partial charge in [-0.25, -0.2) is 4.79 Å². The predicted octanol–water partition coefficient (Wildman–Crippen LogP) is 4.13. The standard InChI is InChI=1S/C18H22F3NO4/c1-17(2,3)26-16(25)22-9-8-11(10-22)14(15(23)24)12-6-4-5-7-13(12)18(19,20)21/h4-7,11,14H,8-10H2,1-3H3,(H,23,24). The van der Waals surface area contributed by atoms with E-state index < -0.39 is 41.2 Å². The summed E-state index contributed by atoms with van der Waals surface area (Å²) in [5, 5.41) is 9.59. The molecule has 1 amide bonds. The maximum Gasteiger partial charge on any atom is 0.416 e. The Kier molecular flexibility index (Phi) is 5.53. The molecule has 8 heteroatoms. The van der Waals surface area contributed by atoms with Crippen molar-refractivity contribution >= 4 is 12.1 Å². The summed E-state index contributed by atoms with van der Waals surface area (Å²) in [7, 11) is 0. The number of carbonyl (C=O) groups excluding carboxylic acids is 1. The maximum atomic E-state index is 13.3. The first-order valence-corrected chi connectivity index (χ1v) is 8.27. The number of likely N-dealkylation sites (tertiary alicyclic amines) is 1. The van der Waals surface area contributed by atoms with E-state index in [1.807, 2.05) is 0 Å². The number of hydrogen-bond acceptors (Lipinski definition) is 3. The molecular weight excluding hydrogens is 351 g/mol. The van der Waals surface area contributed by atoms with E-state index in [-0.39, 0.29) is 18.7 Å². The van der Waals surface area contributed by atoms with Crippen molar-refractivity contribution in [3.05, 3.63) is 35.4 Å². The Hall–Kier alpha value is -2.25. The molecule has 0 aromatic heterocycles. The number of halogens is 3. The fourth-order valence-electron chi connectivity index (χ4n) is 3.17. The number of hydrogen-bond donors (Lipinski definition) is 1. The van der Waals surface area contributed by atoms with Crippen molar-refractivity contribution in [3.8, 4) is 0 Å². The number of rotatable bonds is 3. The number of carboxylic acid groups (broad SMARTS) is 1. The topological polar surface area (TPSA) is 66.8 Å². The summed E-state index contributed by atoms with van der Waals surface area (Å²) in [6, 6.07) is 4.69. The van der Waals surface area contributed by atoms with Gasteiger partial charge < -0.3 is 14.7 Å². The molecule has 1 aromatic carbocycles. The van der Waals surface area contributed by atoms with Crippen molar-refractivity contribution in [3.63, 3.8) is 0 Å². The minimum Gasteiger partial charge on any atom is -0.481 e. The van der Waals surface area contributed by atoms with Crippen LogP contribution in [0.4, 0.5) is 18.0 Å². The Labute approximate surface area is 149 Å². The van der Waals surface area contributed by atoms with Gasteiger partial charge in [-0.1, -0.05) is 18.2 Å². The second-order valence-electron chi connectivity index (χ2n) is 7.38. The van der Waals surface area contributed by atoms with Crippen molar-refractivity contribution in [2.24, 2.45) is 5.92 Å². The SMILES string of the molecule is CC(C)(C)OC(=O)N1CCC(C(C(=O)O)c2ccccc2C(F)(F)F)C1. The van der Waals surface area contributed by atoms with Gasteiger partial charge in [0.25, 0.3) is 0 Å². The molecule has 2 unspecified atom stereocenters. The van der Waals surface area contributed by atoms with Gasteiger partial charge in [-0.3, -0.25) is 4.79 Å². The van der Waals surface area contributed by atoms with Crippen molar-refractivity contribution in [1.82, 2.24) is 4.90 Å². The third-order valence-electron chi connectivity index (χ3n) is 4.22. The zero-order valence-electron chi connectivity index (χ0n) is 14.8. The first kappa shape index (κ1) is 20.1. The molecule has 1 fully saturated rings. The third-order valence-corrected chi connectivity index (χ3v) is 4.22. The predicted molar refractivity (Wildman–Crippen MR) is 87.7 cm³/mol. The maximum absolute atomic E-state index is 13.3. The van der Waals surface area contributed by atoms with Gasteiger partial charge in [0.05, 0.1) is 11.5 Å². The zero-order chi connectivity index (χ0) is 19.7. The van der Waals surface area contributed by atoms with Crippen LogP contribution >= 0.6 is 0 Å². The summed E-state index contributed by atoms with van der Waals surface area (Å²) in [5.41, 5.74) is -1.93. The highest BCUT2D eigenvalue weighted by molar-refractivity contribution is 5.78. The number of amides is 1. The Morgan fingerprint density at radius 1 is 1.23 bits per heavy atom. The van der Waals surface area contributed by atoms with Crippen LogP contribution in [0, 0.1) is 5.92 Å². The Balaban J connectivity index is 2.26. The van der Waals surface area contributed by atoms with Crippen LogP contribution in [-0.4, -0.2) is 40.8 Å². The van der Waals surface area contributed by atoms with E-state index in [4.69, 9.17) is 4.74 Å². The van der Waals surface area contributed by atoms with Gasteiger partial charge in [-0.05, 0) is 44.7 Å². The van der Waals surface area contributed by atoms with E-state index in [0.717, 1.165) is 6.07 Å². The lowest BCUT2D eigenvalue weighted by Gasteiger charge is -2.26. The van der Waals surface area contributed by atoms with Gasteiger partial charge in [0.2, 0.25) is 0 Å². The lowest BCUT2D eigenvalue weighted by molar-refractivity contribution is -0.142. The van der Waals surface area contributed by atoms with Crippen LogP contribution < -0.4 is 0 Å². The molecule has 1 aromatic rings. The average molecular weight is 373 g/mol. The lowest BCUT2D eigenvalue weighted by Crippen LogP contribution is -2.36. The van der Waals surface area contributed by atoms with Gasteiger partial charge in [0.15, 0.2) is 0 Å². The van der Waals surface area contributed by atoms with E-state index >= 15 is 0 Å². The summed E-state index contributed by atoms with van der Waals surface area (Å²) in [5.74, 6) is -3.30. The minimum absolute atomic E-state index is 0.0398. The van der Waals surface area contributed by atoms with Crippen molar-refractivity contribution in [2.45, 2.75) is 44.9 Å². The molecule has 1 aliphatic rings. The van der Waals surface area contributed by atoms with E-state index in [0.29, 0.717) is 6.42 Å². The molecule has 1 saturated heterocycles. The second-order valence-corrected chi connectivity index (χ2v) is 7.38. The molecule has 0 spiro atoms. The van der Waals surface area contributed by atoms with Gasteiger partial charge >= 0.3 is 18.2 Å². The van der Waals surface area contributed by atoms with Crippen molar-refractivity contribution < 1.29 is 32.6 Å². The summed E-state index contributed by atoms with van der Waals surface area (Å²) >= 11 is 0. The van der Waals surface area contributed by atoms with Crippen LogP contribution in [0.5, 0.6) is 0 Å². The van der Waals surface area contributed by atoms with Crippen LogP contribution in [0.3, 0.4) is 0 Å². The summed E-state index contributed by atoms with van der Waals surface area (Å²) in [4.78, 5) is 25.3. The Morgan fingerprint density at radius 2 is 1.85 bits per heavy atom. The summed E-state index contributed by atoms with van der Waals surface area (Å²) in [6.45, 7) is 5.41. The van der Waals surface area contributed by atoms with Crippen LogP contribution in [0.2, 0.25) is 0 Å². The largest absolute Gasteiger partial charge is 0.481 e. The molecule has 1 heterocycles. The normalized spacial score (nSPS) is 19.3. The molecule has 5 nitrogen and oxygen atoms in total. The smallest absolute Gasteiger partial charge is 0.416 e. The van der Waals surface area contributed by atoms with E-state index in [1.165, 1.54) is 23.1 Å². The lowest BCUT2D eigenvalue weighted by atomic mass is 9.83. The fourth-order valence-corrected chi connectivity index (χ4v) is 3.17. The molecule has 26 heavy (non-hydrogen) atoms. The first-order chi connectivity index (χ1) is 11.9. The number of ether oxygens (including phenoxy) is 1. The third kappa shape index (κ3) is 4.68. The molecule has 0 bridgehead atoms. The van der Waals surface area contributed by atoms with Crippen LogP contribution in [0.25, 0.3) is 0 Å². The fraction of sp³-hybridized carbons (Fsp3) is 0.556. The number of carbonyl (C=O) groups is 2. The molecule has 1 N–H and O–H groups in total. The molecule has 0 aliphatic carbocycles. The van der Waals surface area contributed by atoms with Gasteiger partial charge in [0, 0.05) is 13.1 Å². The van der Waals surface area contributed by atoms with Crippen LogP contribution in [-0.2, 0) is 15.7 Å². The van der Waals surface area contributed by atoms with Crippen molar-refractivity contribution in [2.75, 3.05) is 13.1 Å². The first-order valence-electron chi connectivity index (χ1n) is 8.27. The van der Waals surface area contributed by atoms with E-state index in [1.54, 1.807) is 20.8 Å². The molecule has 2 atom stereocenters. The van der Waals surface area contributed by atoms with Gasteiger partial charge in [-0.15, -0.1) is 0 Å². The molecule has 2 rings (SSSR count). The second kappa shape index (κ2) is 7.17. The number of alkyl halides is 3. The summed E-state index contributed by atoms with van der Waals surface area (Å²) < 4.78 is 45.1. The van der Waals surface area contributed by atoms with Crippen LogP contribution in [0.15, 0.2) is 24.3 Å². The Morgan fingerprint density at radius 3 is 2.38 bits per heavy atom. The molecular formula is C18H22F3NO4. The number of benzene rings is 1. The quantitative estimate of drug-likeness (QED) is 0.865. The van der Waals surface area contributed by atoms with E-state index in [2.05, 4.69) is 0 Å². The van der Waals surface area contributed by atoms with Crippen molar-refractivity contribution in [1.29, 1.82) is 0 Å². The highest BCUT2D eigenvalue weighted by Crippen LogP contribution is 2.40. The van der Waals surface area contributed by atoms with Gasteiger partial charge in [-0.2, -0.15) is 13.2 Å². The molecule has 0 saturated carbocycles. The van der Waals surface area contributed by atoms with Crippen LogP contribution in [0.1, 0.15) is 44.2 Å². The van der Waals surface area contributed by atoms with Gasteiger partial charge in [0.1, 0.15) is 5.60 Å². The Bertz CT molecular complexity index is 682.